The molecular weight excluding hydrogens is 355 g/mol. The molecule has 0 aliphatic carbocycles. The molecule has 0 bridgehead atoms. The normalized spacial score (nSPS) is 12.1. The summed E-state index contributed by atoms with van der Waals surface area (Å²) < 4.78 is 22.3. The van der Waals surface area contributed by atoms with Crippen LogP contribution in [0.15, 0.2) is 54.9 Å². The quantitative estimate of drug-likeness (QED) is 0.445. The van der Waals surface area contributed by atoms with E-state index in [-0.39, 0.29) is 6.54 Å². The second kappa shape index (κ2) is 7.64. The first-order valence-electron chi connectivity index (χ1n) is 9.41. The molecule has 0 radical (unpaired) electrons. The number of hydrogen-bond acceptors (Lipinski definition) is 4. The number of fused-ring (bicyclic) bond motifs is 3. The third kappa shape index (κ3) is 4.02. The molecule has 3 aromatic heterocycles. The summed E-state index contributed by atoms with van der Waals surface area (Å²) in [5, 5.41) is 0. The van der Waals surface area contributed by atoms with Gasteiger partial charge in [-0.2, -0.15) is 0 Å². The highest BCUT2D eigenvalue weighted by molar-refractivity contribution is 5.99. The number of halogens is 1. The van der Waals surface area contributed by atoms with E-state index in [2.05, 4.69) is 9.97 Å². The molecule has 3 heterocycles. The number of nitrogens with zero attached hydrogens (tertiary/aromatic N) is 4. The molecule has 6 heteroatoms. The van der Waals surface area contributed by atoms with Crippen molar-refractivity contribution in [1.29, 1.82) is 0 Å². The van der Waals surface area contributed by atoms with Gasteiger partial charge in [0.25, 0.3) is 0 Å². The molecule has 0 fully saturated rings. The van der Waals surface area contributed by atoms with E-state index in [9.17, 15) is 4.39 Å². The number of alkyl halides is 1. The van der Waals surface area contributed by atoms with E-state index in [1.165, 1.54) is 0 Å². The highest BCUT2D eigenvalue weighted by Crippen LogP contribution is 2.26. The summed E-state index contributed by atoms with van der Waals surface area (Å²) in [6.45, 7) is 4.40. The summed E-state index contributed by atoms with van der Waals surface area (Å²) in [6.07, 6.45) is 4.05. The third-order valence-electron chi connectivity index (χ3n) is 4.53. The van der Waals surface area contributed by atoms with Gasteiger partial charge < -0.3 is 9.30 Å². The number of rotatable bonds is 7. The maximum Gasteiger partial charge on any atom is 0.123 e. The largest absolute Gasteiger partial charge is 0.376 e. The van der Waals surface area contributed by atoms with E-state index < -0.39 is 5.67 Å². The van der Waals surface area contributed by atoms with E-state index in [0.29, 0.717) is 19.6 Å². The molecule has 0 saturated carbocycles. The van der Waals surface area contributed by atoms with Gasteiger partial charge in [0.1, 0.15) is 22.5 Å². The Morgan fingerprint density at radius 1 is 1.04 bits per heavy atom. The Hall–Kier alpha value is -2.86. The minimum atomic E-state index is -1.38. The smallest absolute Gasteiger partial charge is 0.123 e. The first kappa shape index (κ1) is 18.5. The van der Waals surface area contributed by atoms with Crippen molar-refractivity contribution >= 4 is 22.1 Å². The van der Waals surface area contributed by atoms with E-state index in [1.807, 2.05) is 47.0 Å². The molecular formula is C22H23FN4O. The maximum absolute atomic E-state index is 14.6. The Morgan fingerprint density at radius 3 is 2.64 bits per heavy atom. The van der Waals surface area contributed by atoms with Crippen LogP contribution in [-0.2, 0) is 24.3 Å². The predicted molar refractivity (Wildman–Crippen MR) is 108 cm³/mol. The molecule has 28 heavy (non-hydrogen) atoms. The second-order valence-electron chi connectivity index (χ2n) is 7.48. The minimum Gasteiger partial charge on any atom is -0.376 e. The minimum absolute atomic E-state index is 0.202. The van der Waals surface area contributed by atoms with Crippen molar-refractivity contribution in [3.63, 3.8) is 0 Å². The van der Waals surface area contributed by atoms with Crippen molar-refractivity contribution in [3.05, 3.63) is 66.2 Å². The van der Waals surface area contributed by atoms with Crippen LogP contribution in [0.4, 0.5) is 4.39 Å². The van der Waals surface area contributed by atoms with Crippen LogP contribution in [0.3, 0.4) is 0 Å². The summed E-state index contributed by atoms with van der Waals surface area (Å²) >= 11 is 0. The lowest BCUT2D eigenvalue weighted by Crippen LogP contribution is -2.23. The number of aromatic nitrogens is 4. The lowest BCUT2D eigenvalue weighted by molar-refractivity contribution is 0.121. The molecule has 0 N–H and O–H groups in total. The molecule has 144 valence electrons. The van der Waals surface area contributed by atoms with Gasteiger partial charge in [0.2, 0.25) is 0 Å². The fraction of sp³-hybridized carbons (Fsp3) is 0.318. The van der Waals surface area contributed by atoms with Crippen LogP contribution in [0.2, 0.25) is 0 Å². The van der Waals surface area contributed by atoms with Gasteiger partial charge in [-0.15, -0.1) is 0 Å². The number of hydrogen-bond donors (Lipinski definition) is 0. The zero-order valence-corrected chi connectivity index (χ0v) is 16.1. The van der Waals surface area contributed by atoms with E-state index in [1.54, 1.807) is 26.2 Å². The summed E-state index contributed by atoms with van der Waals surface area (Å²) in [6, 6.07) is 13.8. The van der Waals surface area contributed by atoms with E-state index >= 15 is 0 Å². The topological polar surface area (TPSA) is 52.8 Å². The Morgan fingerprint density at radius 2 is 1.86 bits per heavy atom. The van der Waals surface area contributed by atoms with Gasteiger partial charge in [-0.1, -0.05) is 30.3 Å². The molecule has 4 aromatic rings. The molecule has 1 aromatic carbocycles. The molecule has 4 rings (SSSR count). The van der Waals surface area contributed by atoms with Crippen LogP contribution < -0.4 is 0 Å². The monoisotopic (exact) mass is 378 g/mol. The summed E-state index contributed by atoms with van der Waals surface area (Å²) in [7, 11) is 0. The maximum atomic E-state index is 14.6. The molecule has 0 spiro atoms. The molecule has 0 aliphatic heterocycles. The van der Waals surface area contributed by atoms with Gasteiger partial charge in [0.15, 0.2) is 0 Å². The van der Waals surface area contributed by atoms with Gasteiger partial charge in [0.05, 0.1) is 37.0 Å². The zero-order valence-electron chi connectivity index (χ0n) is 16.1. The molecule has 0 saturated heterocycles. The highest BCUT2D eigenvalue weighted by Gasteiger charge is 2.22. The zero-order chi connectivity index (χ0) is 19.6. The highest BCUT2D eigenvalue weighted by atomic mass is 19.1. The van der Waals surface area contributed by atoms with Gasteiger partial charge >= 0.3 is 0 Å². The fourth-order valence-corrected chi connectivity index (χ4v) is 3.34. The van der Waals surface area contributed by atoms with E-state index in [0.717, 1.165) is 33.5 Å². The Bertz CT molecular complexity index is 1090. The van der Waals surface area contributed by atoms with Crippen LogP contribution in [0.25, 0.3) is 22.1 Å². The predicted octanol–water partition coefficient (Wildman–Crippen LogP) is 4.49. The molecule has 0 amide bonds. The number of imidazole rings is 1. The van der Waals surface area contributed by atoms with Crippen molar-refractivity contribution in [1.82, 2.24) is 19.5 Å². The standard InChI is InChI=1S/C22H23FN4O/c1-22(2,23)15-27-19(10-12-28-14-16-7-4-3-5-8-16)26-18-13-25-17-9-6-11-24-20(17)21(18)27/h3-9,11,13H,10,12,14-15H2,1-2H3. The fourth-order valence-electron chi connectivity index (χ4n) is 3.34. The Kier molecular flexibility index (Phi) is 5.05. The summed E-state index contributed by atoms with van der Waals surface area (Å²) in [5.74, 6) is 0.786. The molecule has 5 nitrogen and oxygen atoms in total. The van der Waals surface area contributed by atoms with Crippen LogP contribution in [0.1, 0.15) is 25.2 Å². The Balaban J connectivity index is 1.63. The van der Waals surface area contributed by atoms with Crippen molar-refractivity contribution in [2.75, 3.05) is 6.61 Å². The number of pyridine rings is 2. The average Bonchev–Trinajstić information content (AvgIpc) is 3.02. The van der Waals surface area contributed by atoms with Crippen LogP contribution in [0, 0.1) is 0 Å². The molecule has 0 unspecified atom stereocenters. The summed E-state index contributed by atoms with van der Waals surface area (Å²) in [5.41, 5.74) is 2.83. The first-order valence-corrected chi connectivity index (χ1v) is 9.41. The van der Waals surface area contributed by atoms with Crippen LogP contribution in [0.5, 0.6) is 0 Å². The Labute approximate surface area is 163 Å². The van der Waals surface area contributed by atoms with Crippen molar-refractivity contribution in [2.24, 2.45) is 0 Å². The van der Waals surface area contributed by atoms with Crippen LogP contribution >= 0.6 is 0 Å². The number of benzene rings is 1. The molecule has 0 atom stereocenters. The van der Waals surface area contributed by atoms with Crippen molar-refractivity contribution in [3.8, 4) is 0 Å². The van der Waals surface area contributed by atoms with Gasteiger partial charge in [0, 0.05) is 12.6 Å². The van der Waals surface area contributed by atoms with Gasteiger partial charge in [-0.25, -0.2) is 9.37 Å². The van der Waals surface area contributed by atoms with Gasteiger partial charge in [-0.05, 0) is 31.5 Å². The van der Waals surface area contributed by atoms with Crippen LogP contribution in [-0.4, -0.2) is 31.8 Å². The van der Waals surface area contributed by atoms with E-state index in [4.69, 9.17) is 9.72 Å². The van der Waals surface area contributed by atoms with Crippen molar-refractivity contribution < 1.29 is 9.13 Å². The second-order valence-corrected chi connectivity index (χ2v) is 7.48. The SMILES string of the molecule is CC(C)(F)Cn1c(CCOCc2ccccc2)nc2cnc3cccnc3c21. The lowest BCUT2D eigenvalue weighted by Gasteiger charge is -2.18. The molecule has 0 aliphatic rings. The van der Waals surface area contributed by atoms with Crippen molar-refractivity contribution in [2.45, 2.75) is 39.1 Å². The first-order chi connectivity index (χ1) is 13.5. The van der Waals surface area contributed by atoms with Gasteiger partial charge in [-0.3, -0.25) is 9.97 Å². The average molecular weight is 378 g/mol. The summed E-state index contributed by atoms with van der Waals surface area (Å²) in [4.78, 5) is 13.6. The lowest BCUT2D eigenvalue weighted by atomic mass is 10.1. The third-order valence-corrected chi connectivity index (χ3v) is 4.53. The number of ether oxygens (including phenoxy) is 1.